The maximum atomic E-state index is 3.59. The minimum atomic E-state index is 0.545. The third-order valence-electron chi connectivity index (χ3n) is 2.71. The van der Waals surface area contributed by atoms with Crippen molar-refractivity contribution in [3.63, 3.8) is 0 Å². The standard InChI is InChI=1S/C13H20BrN/c1-5-12(9(2)3)15-13-8-10(4)6-7-11(13)14/h6-9,12,15H,5H2,1-4H3. The Morgan fingerprint density at radius 1 is 1.33 bits per heavy atom. The van der Waals surface area contributed by atoms with Crippen LogP contribution in [0.4, 0.5) is 5.69 Å². The number of hydrogen-bond acceptors (Lipinski definition) is 1. The highest BCUT2D eigenvalue weighted by atomic mass is 79.9. The molecule has 0 aliphatic rings. The van der Waals surface area contributed by atoms with Gasteiger partial charge in [0.05, 0.1) is 0 Å². The lowest BCUT2D eigenvalue weighted by Gasteiger charge is -2.23. The van der Waals surface area contributed by atoms with Gasteiger partial charge in [-0.25, -0.2) is 0 Å². The Kier molecular flexibility index (Phi) is 4.65. The van der Waals surface area contributed by atoms with Crippen LogP contribution < -0.4 is 5.32 Å². The number of benzene rings is 1. The van der Waals surface area contributed by atoms with Crippen LogP contribution in [0.1, 0.15) is 32.8 Å². The molecule has 1 aromatic rings. The van der Waals surface area contributed by atoms with E-state index in [1.807, 2.05) is 0 Å². The first-order valence-corrected chi connectivity index (χ1v) is 6.36. The van der Waals surface area contributed by atoms with E-state index in [2.05, 4.69) is 67.1 Å². The smallest absolute Gasteiger partial charge is 0.0489 e. The molecule has 0 aliphatic heterocycles. The van der Waals surface area contributed by atoms with Gasteiger partial charge in [-0.1, -0.05) is 26.8 Å². The molecule has 0 bridgehead atoms. The zero-order valence-corrected chi connectivity index (χ0v) is 11.6. The Labute approximate surface area is 101 Å². The third kappa shape index (κ3) is 3.53. The first kappa shape index (κ1) is 12.6. The van der Waals surface area contributed by atoms with Crippen molar-refractivity contribution in [1.29, 1.82) is 0 Å². The van der Waals surface area contributed by atoms with Crippen molar-refractivity contribution in [2.75, 3.05) is 5.32 Å². The number of rotatable bonds is 4. The predicted octanol–water partition coefficient (Wildman–Crippen LogP) is 4.60. The summed E-state index contributed by atoms with van der Waals surface area (Å²) in [5.74, 6) is 0.655. The number of hydrogen-bond donors (Lipinski definition) is 1. The summed E-state index contributed by atoms with van der Waals surface area (Å²) in [5.41, 5.74) is 2.50. The zero-order chi connectivity index (χ0) is 11.4. The fourth-order valence-corrected chi connectivity index (χ4v) is 2.05. The highest BCUT2D eigenvalue weighted by Gasteiger charge is 2.11. The lowest BCUT2D eigenvalue weighted by atomic mass is 10.0. The summed E-state index contributed by atoms with van der Waals surface area (Å²) >= 11 is 3.57. The molecule has 1 N–H and O–H groups in total. The second-order valence-corrected chi connectivity index (χ2v) is 5.24. The Morgan fingerprint density at radius 2 is 2.00 bits per heavy atom. The first-order valence-electron chi connectivity index (χ1n) is 5.57. The average Bonchev–Trinajstić information content (AvgIpc) is 2.18. The lowest BCUT2D eigenvalue weighted by Crippen LogP contribution is -2.24. The van der Waals surface area contributed by atoms with Crippen LogP contribution in [0.3, 0.4) is 0 Å². The SMILES string of the molecule is CCC(Nc1cc(C)ccc1Br)C(C)C. The molecule has 0 heterocycles. The van der Waals surface area contributed by atoms with Crippen molar-refractivity contribution in [2.45, 2.75) is 40.2 Å². The van der Waals surface area contributed by atoms with Gasteiger partial charge in [-0.2, -0.15) is 0 Å². The summed E-state index contributed by atoms with van der Waals surface area (Å²) in [5, 5.41) is 3.59. The highest BCUT2D eigenvalue weighted by molar-refractivity contribution is 9.10. The summed E-state index contributed by atoms with van der Waals surface area (Å²) in [4.78, 5) is 0. The molecule has 15 heavy (non-hydrogen) atoms. The largest absolute Gasteiger partial charge is 0.381 e. The van der Waals surface area contributed by atoms with Crippen molar-refractivity contribution in [2.24, 2.45) is 5.92 Å². The van der Waals surface area contributed by atoms with Crippen LogP contribution in [-0.4, -0.2) is 6.04 Å². The quantitative estimate of drug-likeness (QED) is 0.842. The second kappa shape index (κ2) is 5.55. The summed E-state index contributed by atoms with van der Waals surface area (Å²) in [6.45, 7) is 8.85. The number of aryl methyl sites for hydroxylation is 1. The fraction of sp³-hybridized carbons (Fsp3) is 0.538. The van der Waals surface area contributed by atoms with Gasteiger partial charge in [0, 0.05) is 16.2 Å². The Bertz CT molecular complexity index is 320. The van der Waals surface area contributed by atoms with Gasteiger partial charge in [-0.05, 0) is 52.9 Å². The Hall–Kier alpha value is -0.500. The van der Waals surface area contributed by atoms with Gasteiger partial charge >= 0.3 is 0 Å². The highest BCUT2D eigenvalue weighted by Crippen LogP contribution is 2.25. The van der Waals surface area contributed by atoms with Gasteiger partial charge in [-0.15, -0.1) is 0 Å². The van der Waals surface area contributed by atoms with Crippen molar-refractivity contribution >= 4 is 21.6 Å². The van der Waals surface area contributed by atoms with E-state index in [1.165, 1.54) is 11.3 Å². The normalized spacial score (nSPS) is 12.9. The molecule has 0 aliphatic carbocycles. The molecule has 0 saturated carbocycles. The molecule has 1 unspecified atom stereocenters. The van der Waals surface area contributed by atoms with Gasteiger partial charge in [0.15, 0.2) is 0 Å². The van der Waals surface area contributed by atoms with Crippen LogP contribution in [-0.2, 0) is 0 Å². The molecule has 1 nitrogen and oxygen atoms in total. The van der Waals surface area contributed by atoms with Gasteiger partial charge in [0.25, 0.3) is 0 Å². The second-order valence-electron chi connectivity index (χ2n) is 4.39. The maximum absolute atomic E-state index is 3.59. The van der Waals surface area contributed by atoms with E-state index in [1.54, 1.807) is 0 Å². The van der Waals surface area contributed by atoms with E-state index in [0.29, 0.717) is 12.0 Å². The van der Waals surface area contributed by atoms with Crippen LogP contribution in [0, 0.1) is 12.8 Å². The molecule has 0 fully saturated rings. The van der Waals surface area contributed by atoms with E-state index in [9.17, 15) is 0 Å². The van der Waals surface area contributed by atoms with Crippen molar-refractivity contribution in [3.8, 4) is 0 Å². The molecular weight excluding hydrogens is 250 g/mol. The van der Waals surface area contributed by atoms with Crippen LogP contribution in [0.15, 0.2) is 22.7 Å². The summed E-state index contributed by atoms with van der Waals surface area (Å²) in [7, 11) is 0. The summed E-state index contributed by atoms with van der Waals surface area (Å²) in [6.07, 6.45) is 1.15. The van der Waals surface area contributed by atoms with Crippen molar-refractivity contribution in [1.82, 2.24) is 0 Å². The van der Waals surface area contributed by atoms with E-state index in [-0.39, 0.29) is 0 Å². The van der Waals surface area contributed by atoms with Gasteiger partial charge in [0.1, 0.15) is 0 Å². The van der Waals surface area contributed by atoms with Crippen molar-refractivity contribution < 1.29 is 0 Å². The molecule has 1 atom stereocenters. The van der Waals surface area contributed by atoms with Crippen LogP contribution in [0.25, 0.3) is 0 Å². The molecule has 0 spiro atoms. The predicted molar refractivity (Wildman–Crippen MR) is 71.4 cm³/mol. The zero-order valence-electron chi connectivity index (χ0n) is 9.97. The molecule has 1 rings (SSSR count). The van der Waals surface area contributed by atoms with Crippen LogP contribution >= 0.6 is 15.9 Å². The molecule has 1 aromatic carbocycles. The van der Waals surface area contributed by atoms with Crippen molar-refractivity contribution in [3.05, 3.63) is 28.2 Å². The lowest BCUT2D eigenvalue weighted by molar-refractivity contribution is 0.511. The van der Waals surface area contributed by atoms with E-state index in [4.69, 9.17) is 0 Å². The van der Waals surface area contributed by atoms with Gasteiger partial charge in [0.2, 0.25) is 0 Å². The molecule has 0 aromatic heterocycles. The number of nitrogens with one attached hydrogen (secondary N) is 1. The Balaban J connectivity index is 2.82. The first-order chi connectivity index (χ1) is 7.04. The van der Waals surface area contributed by atoms with E-state index >= 15 is 0 Å². The molecular formula is C13H20BrN. The minimum Gasteiger partial charge on any atom is -0.381 e. The van der Waals surface area contributed by atoms with Crippen LogP contribution in [0.5, 0.6) is 0 Å². The van der Waals surface area contributed by atoms with E-state index in [0.717, 1.165) is 10.9 Å². The van der Waals surface area contributed by atoms with E-state index < -0.39 is 0 Å². The number of halogens is 1. The molecule has 0 amide bonds. The van der Waals surface area contributed by atoms with Crippen LogP contribution in [0.2, 0.25) is 0 Å². The summed E-state index contributed by atoms with van der Waals surface area (Å²) < 4.78 is 1.15. The molecule has 2 heteroatoms. The number of anilines is 1. The van der Waals surface area contributed by atoms with Gasteiger partial charge < -0.3 is 5.32 Å². The maximum Gasteiger partial charge on any atom is 0.0489 e. The van der Waals surface area contributed by atoms with Gasteiger partial charge in [-0.3, -0.25) is 0 Å². The molecule has 0 radical (unpaired) electrons. The fourth-order valence-electron chi connectivity index (χ4n) is 1.69. The minimum absolute atomic E-state index is 0.545. The Morgan fingerprint density at radius 3 is 2.53 bits per heavy atom. The summed E-state index contributed by atoms with van der Waals surface area (Å²) in [6, 6.07) is 6.95. The third-order valence-corrected chi connectivity index (χ3v) is 3.40. The average molecular weight is 270 g/mol. The molecule has 84 valence electrons. The molecule has 0 saturated heterocycles. The monoisotopic (exact) mass is 269 g/mol. The topological polar surface area (TPSA) is 12.0 Å².